The molecule has 1 aliphatic rings. The first kappa shape index (κ1) is 12.0. The molecule has 0 atom stereocenters. The molecule has 0 aromatic rings. The molecule has 1 aliphatic heterocycles. The molecule has 0 saturated carbocycles. The van der Waals surface area contributed by atoms with Gasteiger partial charge in [0.15, 0.2) is 0 Å². The van der Waals surface area contributed by atoms with Gasteiger partial charge in [-0.2, -0.15) is 0 Å². The molecule has 4 nitrogen and oxygen atoms in total. The molecular formula is C11H18NO3. The van der Waals surface area contributed by atoms with Gasteiger partial charge in [0.05, 0.1) is 0 Å². The van der Waals surface area contributed by atoms with Crippen LogP contribution in [-0.4, -0.2) is 36.0 Å². The molecule has 0 bridgehead atoms. The smallest absolute Gasteiger partial charge is 0.410 e. The lowest BCUT2D eigenvalue weighted by atomic mass is 9.99. The van der Waals surface area contributed by atoms with Gasteiger partial charge >= 0.3 is 6.09 Å². The van der Waals surface area contributed by atoms with Crippen molar-refractivity contribution in [2.24, 2.45) is 5.92 Å². The highest BCUT2D eigenvalue weighted by Crippen LogP contribution is 2.17. The maximum Gasteiger partial charge on any atom is 0.410 e. The Bertz CT molecular complexity index is 237. The molecule has 0 aromatic heterocycles. The van der Waals surface area contributed by atoms with E-state index in [0.717, 1.165) is 0 Å². The number of likely N-dealkylation sites (tertiary alicyclic amines) is 1. The summed E-state index contributed by atoms with van der Waals surface area (Å²) in [6.07, 6.45) is 3.09. The zero-order valence-electron chi connectivity index (χ0n) is 9.58. The van der Waals surface area contributed by atoms with Crippen LogP contribution < -0.4 is 0 Å². The van der Waals surface area contributed by atoms with Crippen molar-refractivity contribution in [3.05, 3.63) is 0 Å². The number of carbonyl (C=O) groups excluding carboxylic acids is 2. The molecule has 1 amide bonds. The first-order valence-corrected chi connectivity index (χ1v) is 5.28. The SMILES string of the molecule is CC(C)(C)OC(=O)N1CCC([C]=O)CC1. The molecule has 1 saturated heterocycles. The second-order valence-corrected chi connectivity index (χ2v) is 4.86. The van der Waals surface area contributed by atoms with E-state index in [2.05, 4.69) is 0 Å². The van der Waals surface area contributed by atoms with Crippen molar-refractivity contribution >= 4 is 12.4 Å². The third-order valence-corrected chi connectivity index (χ3v) is 2.31. The second kappa shape index (κ2) is 4.64. The van der Waals surface area contributed by atoms with E-state index in [0.29, 0.717) is 25.9 Å². The Balaban J connectivity index is 2.40. The molecule has 0 aromatic carbocycles. The third-order valence-electron chi connectivity index (χ3n) is 2.31. The summed E-state index contributed by atoms with van der Waals surface area (Å²) >= 11 is 0. The Morgan fingerprint density at radius 1 is 1.33 bits per heavy atom. The lowest BCUT2D eigenvalue weighted by Crippen LogP contribution is -2.41. The van der Waals surface area contributed by atoms with Gasteiger partial charge in [-0.25, -0.2) is 4.79 Å². The summed E-state index contributed by atoms with van der Waals surface area (Å²) in [5.41, 5.74) is -0.454. The van der Waals surface area contributed by atoms with Crippen LogP contribution in [0, 0.1) is 5.92 Å². The van der Waals surface area contributed by atoms with Gasteiger partial charge in [-0.05, 0) is 33.6 Å². The van der Waals surface area contributed by atoms with E-state index < -0.39 is 5.60 Å². The second-order valence-electron chi connectivity index (χ2n) is 4.86. The highest BCUT2D eigenvalue weighted by molar-refractivity contribution is 5.68. The number of hydrogen-bond donors (Lipinski definition) is 0. The highest BCUT2D eigenvalue weighted by atomic mass is 16.6. The van der Waals surface area contributed by atoms with Crippen molar-refractivity contribution in [2.45, 2.75) is 39.2 Å². The van der Waals surface area contributed by atoms with Gasteiger partial charge in [-0.3, -0.25) is 4.79 Å². The van der Waals surface area contributed by atoms with Crippen LogP contribution in [0.1, 0.15) is 33.6 Å². The lowest BCUT2D eigenvalue weighted by Gasteiger charge is -2.31. The average molecular weight is 212 g/mol. The van der Waals surface area contributed by atoms with E-state index >= 15 is 0 Å². The largest absolute Gasteiger partial charge is 0.444 e. The molecule has 0 aliphatic carbocycles. The first-order valence-electron chi connectivity index (χ1n) is 5.28. The van der Waals surface area contributed by atoms with Crippen molar-refractivity contribution in [3.63, 3.8) is 0 Å². The van der Waals surface area contributed by atoms with Crippen molar-refractivity contribution in [1.82, 2.24) is 4.90 Å². The van der Waals surface area contributed by atoms with Gasteiger partial charge in [0, 0.05) is 19.0 Å². The summed E-state index contributed by atoms with van der Waals surface area (Å²) in [6, 6.07) is 0. The predicted molar refractivity (Wildman–Crippen MR) is 56.2 cm³/mol. The highest BCUT2D eigenvalue weighted by Gasteiger charge is 2.26. The fourth-order valence-corrected chi connectivity index (χ4v) is 1.51. The Labute approximate surface area is 90.6 Å². The standard InChI is InChI=1S/C11H18NO3/c1-11(2,3)15-10(14)12-6-4-9(8-13)5-7-12/h9H,4-7H2,1-3H3. The fraction of sp³-hybridized carbons (Fsp3) is 0.818. The van der Waals surface area contributed by atoms with Crippen LogP contribution in [0.5, 0.6) is 0 Å². The molecule has 0 unspecified atom stereocenters. The topological polar surface area (TPSA) is 46.6 Å². The van der Waals surface area contributed by atoms with Crippen LogP contribution in [-0.2, 0) is 9.53 Å². The molecule has 0 spiro atoms. The van der Waals surface area contributed by atoms with Crippen molar-refractivity contribution in [2.75, 3.05) is 13.1 Å². The van der Waals surface area contributed by atoms with Gasteiger partial charge < -0.3 is 9.64 Å². The lowest BCUT2D eigenvalue weighted by molar-refractivity contribution is 0.0201. The van der Waals surface area contributed by atoms with E-state index in [-0.39, 0.29) is 12.0 Å². The maximum absolute atomic E-state index is 11.6. The molecule has 1 radical (unpaired) electrons. The summed E-state index contributed by atoms with van der Waals surface area (Å²) in [7, 11) is 0. The minimum Gasteiger partial charge on any atom is -0.444 e. The number of rotatable bonds is 1. The van der Waals surface area contributed by atoms with Gasteiger partial charge in [0.2, 0.25) is 6.29 Å². The maximum atomic E-state index is 11.6. The third kappa shape index (κ3) is 3.90. The zero-order chi connectivity index (χ0) is 11.5. The Hall–Kier alpha value is -1.06. The summed E-state index contributed by atoms with van der Waals surface area (Å²) < 4.78 is 5.23. The van der Waals surface area contributed by atoms with Crippen LogP contribution in [0.4, 0.5) is 4.79 Å². The van der Waals surface area contributed by atoms with Crippen molar-refractivity contribution in [3.8, 4) is 0 Å². The molecular weight excluding hydrogens is 194 g/mol. The number of amides is 1. The minimum atomic E-state index is -0.454. The molecule has 15 heavy (non-hydrogen) atoms. The van der Waals surface area contributed by atoms with E-state index in [1.54, 1.807) is 4.90 Å². The Kier molecular flexibility index (Phi) is 3.72. The molecule has 0 N–H and O–H groups in total. The first-order chi connectivity index (χ1) is 6.92. The minimum absolute atomic E-state index is 0.0105. The Morgan fingerprint density at radius 3 is 2.27 bits per heavy atom. The molecule has 85 valence electrons. The monoisotopic (exact) mass is 212 g/mol. The summed E-state index contributed by atoms with van der Waals surface area (Å²) in [5, 5.41) is 0. The zero-order valence-corrected chi connectivity index (χ0v) is 9.58. The van der Waals surface area contributed by atoms with Crippen LogP contribution in [0.25, 0.3) is 0 Å². The van der Waals surface area contributed by atoms with Crippen LogP contribution in [0.3, 0.4) is 0 Å². The van der Waals surface area contributed by atoms with Crippen LogP contribution >= 0.6 is 0 Å². The number of ether oxygens (including phenoxy) is 1. The quantitative estimate of drug-likeness (QED) is 0.665. The van der Waals surface area contributed by atoms with Crippen LogP contribution in [0.2, 0.25) is 0 Å². The van der Waals surface area contributed by atoms with Crippen LogP contribution in [0.15, 0.2) is 0 Å². The molecule has 1 heterocycles. The van der Waals surface area contributed by atoms with E-state index in [9.17, 15) is 9.59 Å². The van der Waals surface area contributed by atoms with Crippen molar-refractivity contribution in [1.29, 1.82) is 0 Å². The normalized spacial score (nSPS) is 18.7. The van der Waals surface area contributed by atoms with E-state index in [4.69, 9.17) is 4.74 Å². The fourth-order valence-electron chi connectivity index (χ4n) is 1.51. The predicted octanol–water partition coefficient (Wildman–Crippen LogP) is 1.74. The molecule has 4 heteroatoms. The summed E-state index contributed by atoms with van der Waals surface area (Å²) in [4.78, 5) is 23.7. The molecule has 1 rings (SSSR count). The molecule has 1 fully saturated rings. The van der Waals surface area contributed by atoms with E-state index in [1.807, 2.05) is 27.1 Å². The summed E-state index contributed by atoms with van der Waals surface area (Å²) in [6.45, 7) is 6.72. The number of nitrogens with zero attached hydrogens (tertiary/aromatic N) is 1. The number of hydrogen-bond acceptors (Lipinski definition) is 3. The van der Waals surface area contributed by atoms with Gasteiger partial charge in [0.25, 0.3) is 0 Å². The number of carbonyl (C=O) groups is 1. The van der Waals surface area contributed by atoms with Crippen molar-refractivity contribution < 1.29 is 14.3 Å². The van der Waals surface area contributed by atoms with Gasteiger partial charge in [-0.15, -0.1) is 0 Å². The van der Waals surface area contributed by atoms with Gasteiger partial charge in [0.1, 0.15) is 5.60 Å². The average Bonchev–Trinajstić information content (AvgIpc) is 2.15. The van der Waals surface area contributed by atoms with E-state index in [1.165, 1.54) is 0 Å². The van der Waals surface area contributed by atoms with Gasteiger partial charge in [-0.1, -0.05) is 0 Å². The number of piperidine rings is 1. The Morgan fingerprint density at radius 2 is 1.87 bits per heavy atom. The summed E-state index contributed by atoms with van der Waals surface area (Å²) in [5.74, 6) is -0.0105.